The van der Waals surface area contributed by atoms with Crippen LogP contribution in [0, 0.1) is 0 Å². The van der Waals surface area contributed by atoms with E-state index in [1.54, 1.807) is 7.05 Å². The third kappa shape index (κ3) is 3.25. The fraction of sp³-hybridized carbons (Fsp3) is 0.364. The number of rotatable bonds is 5. The van der Waals surface area contributed by atoms with Crippen molar-refractivity contribution >= 4 is 0 Å². The molecule has 1 N–H and O–H groups in total. The topological polar surface area (TPSA) is 64.9 Å². The molecule has 6 heteroatoms. The lowest BCUT2D eigenvalue weighted by Crippen LogP contribution is -2.05. The number of tetrazole rings is 1. The van der Waals surface area contributed by atoms with Gasteiger partial charge in [-0.3, -0.25) is 0 Å². The number of aromatic nitrogens is 4. The molecule has 0 aliphatic heterocycles. The summed E-state index contributed by atoms with van der Waals surface area (Å²) in [4.78, 5) is 1.41. The number of hydrogen-bond donors (Lipinski definition) is 1. The van der Waals surface area contributed by atoms with Crippen LogP contribution in [0.5, 0.6) is 5.75 Å². The Bertz CT molecular complexity index is 482. The fourth-order valence-electron chi connectivity index (χ4n) is 1.48. The van der Waals surface area contributed by atoms with Gasteiger partial charge in [0.1, 0.15) is 5.75 Å². The van der Waals surface area contributed by atoms with E-state index in [4.69, 9.17) is 4.74 Å². The highest BCUT2D eigenvalue weighted by atomic mass is 16.5. The zero-order valence-corrected chi connectivity index (χ0v) is 9.92. The first-order valence-corrected chi connectivity index (χ1v) is 5.37. The monoisotopic (exact) mass is 233 g/mol. The summed E-state index contributed by atoms with van der Waals surface area (Å²) in [6.07, 6.45) is 0. The maximum absolute atomic E-state index is 5.59. The summed E-state index contributed by atoms with van der Waals surface area (Å²) < 4.78 is 5.59. The van der Waals surface area contributed by atoms with Crippen molar-refractivity contribution in [3.05, 3.63) is 35.7 Å². The van der Waals surface area contributed by atoms with Crippen molar-refractivity contribution in [2.24, 2.45) is 7.05 Å². The molecule has 0 amide bonds. The minimum Gasteiger partial charge on any atom is -0.485 e. The van der Waals surface area contributed by atoms with Crippen LogP contribution in [0.2, 0.25) is 0 Å². The molecule has 0 aliphatic rings. The molecule has 2 aromatic rings. The predicted molar refractivity (Wildman–Crippen MR) is 62.3 cm³/mol. The molecule has 1 heterocycles. The summed E-state index contributed by atoms with van der Waals surface area (Å²) in [5.41, 5.74) is 1.18. The summed E-state index contributed by atoms with van der Waals surface area (Å²) >= 11 is 0. The van der Waals surface area contributed by atoms with Gasteiger partial charge in [-0.25, -0.2) is 0 Å². The van der Waals surface area contributed by atoms with E-state index < -0.39 is 0 Å². The predicted octanol–water partition coefficient (Wildman–Crippen LogP) is 0.508. The standard InChI is InChI=1S/C11H15N5O/c1-12-7-9-4-3-5-10(6-9)17-8-11-13-15-16(2)14-11/h3-6,12H,7-8H2,1-2H3. The van der Waals surface area contributed by atoms with Crippen molar-refractivity contribution < 1.29 is 4.74 Å². The lowest BCUT2D eigenvalue weighted by molar-refractivity contribution is 0.295. The maximum atomic E-state index is 5.59. The maximum Gasteiger partial charge on any atom is 0.212 e. The molecule has 17 heavy (non-hydrogen) atoms. The first-order valence-electron chi connectivity index (χ1n) is 5.37. The van der Waals surface area contributed by atoms with Gasteiger partial charge in [0.2, 0.25) is 5.82 Å². The quantitative estimate of drug-likeness (QED) is 0.815. The minimum absolute atomic E-state index is 0.330. The van der Waals surface area contributed by atoms with Gasteiger partial charge in [0.25, 0.3) is 0 Å². The smallest absolute Gasteiger partial charge is 0.212 e. The van der Waals surface area contributed by atoms with Crippen LogP contribution in [0.1, 0.15) is 11.4 Å². The van der Waals surface area contributed by atoms with Crippen LogP contribution in [0.25, 0.3) is 0 Å². The van der Waals surface area contributed by atoms with Crippen LogP contribution in [0.4, 0.5) is 0 Å². The number of ether oxygens (including phenoxy) is 1. The molecule has 6 nitrogen and oxygen atoms in total. The van der Waals surface area contributed by atoms with Crippen molar-refractivity contribution in [3.63, 3.8) is 0 Å². The Labute approximate surface area is 99.6 Å². The average Bonchev–Trinajstić information content (AvgIpc) is 2.74. The van der Waals surface area contributed by atoms with Crippen LogP contribution in [-0.2, 0) is 20.2 Å². The summed E-state index contributed by atoms with van der Waals surface area (Å²) in [7, 11) is 3.64. The lowest BCUT2D eigenvalue weighted by atomic mass is 10.2. The van der Waals surface area contributed by atoms with Gasteiger partial charge in [-0.2, -0.15) is 4.80 Å². The highest BCUT2D eigenvalue weighted by molar-refractivity contribution is 5.28. The van der Waals surface area contributed by atoms with Crippen molar-refractivity contribution in [1.82, 2.24) is 25.5 Å². The average molecular weight is 233 g/mol. The number of benzene rings is 1. The van der Waals surface area contributed by atoms with Crippen molar-refractivity contribution in [2.45, 2.75) is 13.2 Å². The van der Waals surface area contributed by atoms with E-state index in [-0.39, 0.29) is 0 Å². The van der Waals surface area contributed by atoms with Gasteiger partial charge < -0.3 is 10.1 Å². The summed E-state index contributed by atoms with van der Waals surface area (Å²) in [6, 6.07) is 7.92. The second kappa shape index (κ2) is 5.40. The molecule has 0 saturated heterocycles. The Kier molecular flexibility index (Phi) is 3.66. The first-order chi connectivity index (χ1) is 8.28. The molecular formula is C11H15N5O. The van der Waals surface area contributed by atoms with Gasteiger partial charge in [-0.15, -0.1) is 10.2 Å². The van der Waals surface area contributed by atoms with Crippen LogP contribution in [-0.4, -0.2) is 27.3 Å². The molecule has 1 aromatic heterocycles. The molecular weight excluding hydrogens is 218 g/mol. The molecule has 90 valence electrons. The number of hydrogen-bond acceptors (Lipinski definition) is 5. The van der Waals surface area contributed by atoms with Gasteiger partial charge in [-0.05, 0) is 30.0 Å². The molecule has 0 radical (unpaired) electrons. The SMILES string of the molecule is CNCc1cccc(OCc2nnn(C)n2)c1. The minimum atomic E-state index is 0.330. The lowest BCUT2D eigenvalue weighted by Gasteiger charge is -2.05. The normalized spacial score (nSPS) is 10.5. The number of aryl methyl sites for hydroxylation is 1. The first kappa shape index (κ1) is 11.5. The number of nitrogens with one attached hydrogen (secondary N) is 1. The van der Waals surface area contributed by atoms with Gasteiger partial charge in [0, 0.05) is 6.54 Å². The highest BCUT2D eigenvalue weighted by Crippen LogP contribution is 2.14. The van der Waals surface area contributed by atoms with Gasteiger partial charge >= 0.3 is 0 Å². The van der Waals surface area contributed by atoms with E-state index in [1.165, 1.54) is 10.4 Å². The molecule has 0 fully saturated rings. The Balaban J connectivity index is 1.96. The highest BCUT2D eigenvalue weighted by Gasteiger charge is 2.02. The van der Waals surface area contributed by atoms with Gasteiger partial charge in [0.05, 0.1) is 7.05 Å². The van der Waals surface area contributed by atoms with Crippen LogP contribution in [0.15, 0.2) is 24.3 Å². The molecule has 2 rings (SSSR count). The van der Waals surface area contributed by atoms with E-state index in [9.17, 15) is 0 Å². The molecule has 0 unspecified atom stereocenters. The van der Waals surface area contributed by atoms with Crippen molar-refractivity contribution in [3.8, 4) is 5.75 Å². The van der Waals surface area contributed by atoms with Crippen LogP contribution in [0.3, 0.4) is 0 Å². The van der Waals surface area contributed by atoms with Gasteiger partial charge in [-0.1, -0.05) is 12.1 Å². The van der Waals surface area contributed by atoms with Crippen LogP contribution < -0.4 is 10.1 Å². The van der Waals surface area contributed by atoms with Crippen molar-refractivity contribution in [1.29, 1.82) is 0 Å². The van der Waals surface area contributed by atoms with E-state index in [1.807, 2.05) is 31.3 Å². The Morgan fingerprint density at radius 2 is 2.29 bits per heavy atom. The molecule has 0 aliphatic carbocycles. The Morgan fingerprint density at radius 3 is 3.00 bits per heavy atom. The van der Waals surface area contributed by atoms with Gasteiger partial charge in [0.15, 0.2) is 6.61 Å². The second-order valence-electron chi connectivity index (χ2n) is 3.66. The summed E-state index contributed by atoms with van der Waals surface area (Å²) in [6.45, 7) is 1.15. The Morgan fingerprint density at radius 1 is 1.41 bits per heavy atom. The zero-order valence-electron chi connectivity index (χ0n) is 9.92. The largest absolute Gasteiger partial charge is 0.485 e. The van der Waals surface area contributed by atoms with Crippen molar-refractivity contribution in [2.75, 3.05) is 7.05 Å². The second-order valence-corrected chi connectivity index (χ2v) is 3.66. The third-order valence-electron chi connectivity index (χ3n) is 2.20. The third-order valence-corrected chi connectivity index (χ3v) is 2.20. The van der Waals surface area contributed by atoms with E-state index in [2.05, 4.69) is 20.7 Å². The molecule has 0 bridgehead atoms. The molecule has 0 saturated carbocycles. The van der Waals surface area contributed by atoms with E-state index in [0.717, 1.165) is 12.3 Å². The molecule has 0 spiro atoms. The Hall–Kier alpha value is -1.95. The van der Waals surface area contributed by atoms with Crippen LogP contribution >= 0.6 is 0 Å². The summed E-state index contributed by atoms with van der Waals surface area (Å²) in [5, 5.41) is 14.7. The molecule has 1 aromatic carbocycles. The van der Waals surface area contributed by atoms with E-state index in [0.29, 0.717) is 12.4 Å². The summed E-state index contributed by atoms with van der Waals surface area (Å²) in [5.74, 6) is 1.39. The van der Waals surface area contributed by atoms with E-state index >= 15 is 0 Å². The zero-order chi connectivity index (χ0) is 12.1. The fourth-order valence-corrected chi connectivity index (χ4v) is 1.48. The molecule has 0 atom stereocenters. The number of nitrogens with zero attached hydrogens (tertiary/aromatic N) is 4.